The number of carbonyl (C=O) groups is 1. The number of carbonyl (C=O) groups excluding carboxylic acids is 1. The van der Waals surface area contributed by atoms with Crippen molar-refractivity contribution in [3.8, 4) is 5.75 Å². The van der Waals surface area contributed by atoms with Crippen LogP contribution in [0.5, 0.6) is 5.75 Å². The summed E-state index contributed by atoms with van der Waals surface area (Å²) >= 11 is 5.92. The van der Waals surface area contributed by atoms with Crippen molar-refractivity contribution in [2.45, 2.75) is 12.6 Å². The van der Waals surface area contributed by atoms with E-state index in [0.29, 0.717) is 29.5 Å². The number of methoxy groups -OCH3 is 1. The third kappa shape index (κ3) is 3.99. The SMILES string of the molecule is COC(=O)c1ccc2c(c1)OC[C@H](c1ccc(Cl)cc1)NC2.S. The molecule has 0 aromatic heterocycles. The maximum absolute atomic E-state index is 11.6. The topological polar surface area (TPSA) is 47.6 Å². The molecule has 0 saturated heterocycles. The molecule has 1 N–H and O–H groups in total. The van der Waals surface area contributed by atoms with Crippen LogP contribution in [0.2, 0.25) is 5.02 Å². The first-order chi connectivity index (χ1) is 10.7. The summed E-state index contributed by atoms with van der Waals surface area (Å²) in [6.45, 7) is 1.16. The molecule has 122 valence electrons. The highest BCUT2D eigenvalue weighted by atomic mass is 35.5. The van der Waals surface area contributed by atoms with Crippen molar-refractivity contribution in [1.82, 2.24) is 5.32 Å². The lowest BCUT2D eigenvalue weighted by Crippen LogP contribution is -2.23. The fraction of sp³-hybridized carbons (Fsp3) is 0.235. The average molecular weight is 352 g/mol. The number of hydrogen-bond acceptors (Lipinski definition) is 4. The van der Waals surface area contributed by atoms with Crippen molar-refractivity contribution in [3.05, 3.63) is 64.2 Å². The fourth-order valence-electron chi connectivity index (χ4n) is 2.45. The lowest BCUT2D eigenvalue weighted by atomic mass is 10.1. The second-order valence-electron chi connectivity index (χ2n) is 5.11. The lowest BCUT2D eigenvalue weighted by Gasteiger charge is -2.15. The minimum absolute atomic E-state index is 0. The molecule has 0 bridgehead atoms. The van der Waals surface area contributed by atoms with E-state index in [0.717, 1.165) is 11.1 Å². The fourth-order valence-corrected chi connectivity index (χ4v) is 2.58. The zero-order chi connectivity index (χ0) is 15.5. The van der Waals surface area contributed by atoms with Crippen LogP contribution in [0.15, 0.2) is 42.5 Å². The van der Waals surface area contributed by atoms with Crippen LogP contribution in [0, 0.1) is 0 Å². The highest BCUT2D eigenvalue weighted by Crippen LogP contribution is 2.27. The predicted octanol–water partition coefficient (Wildman–Crippen LogP) is 3.46. The summed E-state index contributed by atoms with van der Waals surface area (Å²) in [5, 5.41) is 4.16. The zero-order valence-electron chi connectivity index (χ0n) is 12.6. The molecular formula is C17H18ClNO3S. The van der Waals surface area contributed by atoms with Crippen molar-refractivity contribution in [2.75, 3.05) is 13.7 Å². The normalized spacial score (nSPS) is 16.3. The second-order valence-corrected chi connectivity index (χ2v) is 5.55. The molecule has 4 nitrogen and oxygen atoms in total. The molecule has 0 unspecified atom stereocenters. The minimum Gasteiger partial charge on any atom is -0.491 e. The van der Waals surface area contributed by atoms with Crippen molar-refractivity contribution in [2.24, 2.45) is 0 Å². The summed E-state index contributed by atoms with van der Waals surface area (Å²) < 4.78 is 10.6. The molecule has 0 radical (unpaired) electrons. The summed E-state index contributed by atoms with van der Waals surface area (Å²) in [6, 6.07) is 13.1. The van der Waals surface area contributed by atoms with Crippen LogP contribution in [0.25, 0.3) is 0 Å². The number of fused-ring (bicyclic) bond motifs is 1. The molecule has 0 amide bonds. The second kappa shape index (κ2) is 7.73. The predicted molar refractivity (Wildman–Crippen MR) is 94.7 cm³/mol. The van der Waals surface area contributed by atoms with Crippen LogP contribution in [-0.2, 0) is 11.3 Å². The molecule has 1 aliphatic heterocycles. The first-order valence-electron chi connectivity index (χ1n) is 7.00. The maximum atomic E-state index is 11.6. The van der Waals surface area contributed by atoms with E-state index in [1.54, 1.807) is 12.1 Å². The Bertz CT molecular complexity index is 691. The molecule has 0 saturated carbocycles. The Hall–Kier alpha value is -1.69. The summed E-state index contributed by atoms with van der Waals surface area (Å²) in [7, 11) is 1.37. The van der Waals surface area contributed by atoms with Gasteiger partial charge in [-0.3, -0.25) is 0 Å². The molecule has 0 spiro atoms. The van der Waals surface area contributed by atoms with Crippen LogP contribution in [0.1, 0.15) is 27.5 Å². The van der Waals surface area contributed by atoms with Gasteiger partial charge in [-0.1, -0.05) is 29.8 Å². The molecule has 1 aliphatic rings. The van der Waals surface area contributed by atoms with Gasteiger partial charge >= 0.3 is 5.97 Å². The lowest BCUT2D eigenvalue weighted by molar-refractivity contribution is 0.0600. The van der Waals surface area contributed by atoms with E-state index in [-0.39, 0.29) is 25.5 Å². The monoisotopic (exact) mass is 351 g/mol. The van der Waals surface area contributed by atoms with Crippen molar-refractivity contribution in [1.29, 1.82) is 0 Å². The van der Waals surface area contributed by atoms with Gasteiger partial charge in [-0.2, -0.15) is 13.5 Å². The van der Waals surface area contributed by atoms with E-state index in [1.165, 1.54) is 7.11 Å². The number of esters is 1. The van der Waals surface area contributed by atoms with Crippen molar-refractivity contribution >= 4 is 31.1 Å². The van der Waals surface area contributed by atoms with E-state index < -0.39 is 0 Å². The Morgan fingerprint density at radius 1 is 1.26 bits per heavy atom. The Labute approximate surface area is 147 Å². The van der Waals surface area contributed by atoms with Crippen molar-refractivity contribution in [3.63, 3.8) is 0 Å². The van der Waals surface area contributed by atoms with Gasteiger partial charge in [0, 0.05) is 17.1 Å². The number of halogens is 1. The van der Waals surface area contributed by atoms with Crippen LogP contribution < -0.4 is 10.1 Å². The first kappa shape index (κ1) is 17.7. The van der Waals surface area contributed by atoms with Gasteiger partial charge in [0.05, 0.1) is 18.7 Å². The molecule has 0 aliphatic carbocycles. The summed E-state index contributed by atoms with van der Waals surface area (Å²) in [5.41, 5.74) is 2.63. The zero-order valence-corrected chi connectivity index (χ0v) is 14.4. The Morgan fingerprint density at radius 3 is 2.70 bits per heavy atom. The highest BCUT2D eigenvalue weighted by Gasteiger charge is 2.19. The van der Waals surface area contributed by atoms with Gasteiger partial charge < -0.3 is 14.8 Å². The van der Waals surface area contributed by atoms with Gasteiger partial charge in [-0.15, -0.1) is 0 Å². The molecule has 1 heterocycles. The molecular weight excluding hydrogens is 334 g/mol. The highest BCUT2D eigenvalue weighted by molar-refractivity contribution is 7.59. The number of rotatable bonds is 2. The molecule has 2 aromatic carbocycles. The molecule has 6 heteroatoms. The quantitative estimate of drug-likeness (QED) is 0.842. The molecule has 2 aromatic rings. The molecule has 0 fully saturated rings. The number of nitrogens with one attached hydrogen (secondary N) is 1. The van der Waals surface area contributed by atoms with E-state index in [1.807, 2.05) is 30.3 Å². The molecule has 23 heavy (non-hydrogen) atoms. The summed E-state index contributed by atoms with van der Waals surface area (Å²) in [5.74, 6) is 0.352. The van der Waals surface area contributed by atoms with Crippen LogP contribution >= 0.6 is 25.1 Å². The van der Waals surface area contributed by atoms with Gasteiger partial charge in [0.2, 0.25) is 0 Å². The van der Waals surface area contributed by atoms with E-state index in [4.69, 9.17) is 21.1 Å². The van der Waals surface area contributed by atoms with E-state index in [9.17, 15) is 4.79 Å². The van der Waals surface area contributed by atoms with Crippen LogP contribution in [0.3, 0.4) is 0 Å². The third-order valence-corrected chi connectivity index (χ3v) is 3.96. The largest absolute Gasteiger partial charge is 0.491 e. The molecule has 3 rings (SSSR count). The Kier molecular flexibility index (Phi) is 5.93. The molecule has 1 atom stereocenters. The number of benzene rings is 2. The van der Waals surface area contributed by atoms with Gasteiger partial charge in [0.25, 0.3) is 0 Å². The Balaban J connectivity index is 0.00000192. The smallest absolute Gasteiger partial charge is 0.337 e. The Morgan fingerprint density at radius 2 is 2.00 bits per heavy atom. The van der Waals surface area contributed by atoms with Crippen molar-refractivity contribution < 1.29 is 14.3 Å². The van der Waals surface area contributed by atoms with E-state index >= 15 is 0 Å². The van der Waals surface area contributed by atoms with Gasteiger partial charge in [-0.05, 0) is 29.8 Å². The van der Waals surface area contributed by atoms with Gasteiger partial charge in [-0.25, -0.2) is 4.79 Å². The summed E-state index contributed by atoms with van der Waals surface area (Å²) in [4.78, 5) is 11.6. The van der Waals surface area contributed by atoms with Gasteiger partial charge in [0.15, 0.2) is 0 Å². The maximum Gasteiger partial charge on any atom is 0.337 e. The first-order valence-corrected chi connectivity index (χ1v) is 7.38. The van der Waals surface area contributed by atoms with Crippen LogP contribution in [-0.4, -0.2) is 19.7 Å². The average Bonchev–Trinajstić information content (AvgIpc) is 2.77. The minimum atomic E-state index is -0.363. The number of hydrogen-bond donors (Lipinski definition) is 1. The van der Waals surface area contributed by atoms with Crippen LogP contribution in [0.4, 0.5) is 0 Å². The number of ether oxygens (including phenoxy) is 2. The van der Waals surface area contributed by atoms with Gasteiger partial charge in [0.1, 0.15) is 12.4 Å². The third-order valence-electron chi connectivity index (χ3n) is 3.71. The van der Waals surface area contributed by atoms with E-state index in [2.05, 4.69) is 5.32 Å². The standard InChI is InChI=1S/C17H16ClNO3.H2S/c1-21-17(20)12-2-3-13-9-19-15(10-22-16(13)8-12)11-4-6-14(18)7-5-11;/h2-8,15,19H,9-10H2,1H3;1H2/t15-;/m1./s1. The summed E-state index contributed by atoms with van der Waals surface area (Å²) in [6.07, 6.45) is 0.